The molecule has 2 fully saturated rings. The van der Waals surface area contributed by atoms with Crippen LogP contribution in [0.1, 0.15) is 50.5 Å². The minimum atomic E-state index is -1.18. The minimum Gasteiger partial charge on any atom is -0.497 e. The predicted molar refractivity (Wildman–Crippen MR) is 150 cm³/mol. The van der Waals surface area contributed by atoms with Crippen LogP contribution in [0.3, 0.4) is 0 Å². The Kier molecular flexibility index (Phi) is 9.99. The lowest BCUT2D eigenvalue weighted by molar-refractivity contribution is -0.143. The van der Waals surface area contributed by atoms with Crippen molar-refractivity contribution in [2.75, 3.05) is 25.5 Å². The summed E-state index contributed by atoms with van der Waals surface area (Å²) in [6, 6.07) is 15.3. The van der Waals surface area contributed by atoms with E-state index in [2.05, 4.69) is 10.6 Å². The van der Waals surface area contributed by atoms with E-state index in [0.29, 0.717) is 17.9 Å². The molecule has 0 spiro atoms. The zero-order chi connectivity index (χ0) is 28.5. The molecule has 2 aliphatic rings. The number of carboxylic acid groups (broad SMARTS) is 1. The molecular weight excluding hydrogens is 512 g/mol. The van der Waals surface area contributed by atoms with Crippen LogP contribution >= 0.6 is 0 Å². The van der Waals surface area contributed by atoms with Crippen molar-refractivity contribution in [3.63, 3.8) is 0 Å². The van der Waals surface area contributed by atoms with Gasteiger partial charge in [-0.3, -0.25) is 19.3 Å². The highest BCUT2D eigenvalue weighted by molar-refractivity contribution is 5.96. The lowest BCUT2D eigenvalue weighted by Crippen LogP contribution is -2.57. The van der Waals surface area contributed by atoms with E-state index < -0.39 is 30.1 Å². The SMILES string of the molecule is COc1ccc(NC(=O)N2CCN(C(=O)CCc3ccccc3)C2C(=O)NC(CC(=O)O)C2CCCCC2)cc1. The molecule has 2 atom stereocenters. The van der Waals surface area contributed by atoms with E-state index in [1.54, 1.807) is 31.4 Å². The molecular formula is C30H38N4O6. The highest BCUT2D eigenvalue weighted by Crippen LogP contribution is 2.29. The van der Waals surface area contributed by atoms with Gasteiger partial charge in [0.05, 0.1) is 13.5 Å². The molecule has 214 valence electrons. The van der Waals surface area contributed by atoms with Gasteiger partial charge in [-0.25, -0.2) is 4.79 Å². The fourth-order valence-corrected chi connectivity index (χ4v) is 5.61. The van der Waals surface area contributed by atoms with E-state index >= 15 is 0 Å². The van der Waals surface area contributed by atoms with Gasteiger partial charge in [0.2, 0.25) is 5.91 Å². The van der Waals surface area contributed by atoms with Crippen molar-refractivity contribution < 1.29 is 29.0 Å². The smallest absolute Gasteiger partial charge is 0.323 e. The number of aryl methyl sites for hydroxylation is 1. The highest BCUT2D eigenvalue weighted by atomic mass is 16.5. The van der Waals surface area contributed by atoms with Gasteiger partial charge in [0.15, 0.2) is 6.17 Å². The molecule has 1 aliphatic carbocycles. The molecule has 10 heteroatoms. The first-order valence-corrected chi connectivity index (χ1v) is 13.9. The number of benzene rings is 2. The molecule has 0 bridgehead atoms. The summed E-state index contributed by atoms with van der Waals surface area (Å²) in [7, 11) is 1.55. The summed E-state index contributed by atoms with van der Waals surface area (Å²) in [5, 5.41) is 15.3. The van der Waals surface area contributed by atoms with Crippen LogP contribution in [0.4, 0.5) is 10.5 Å². The van der Waals surface area contributed by atoms with Crippen LogP contribution in [-0.4, -0.2) is 71.1 Å². The van der Waals surface area contributed by atoms with Crippen LogP contribution in [-0.2, 0) is 20.8 Å². The zero-order valence-electron chi connectivity index (χ0n) is 22.9. The number of nitrogens with one attached hydrogen (secondary N) is 2. The number of carboxylic acids is 1. The molecule has 1 heterocycles. The largest absolute Gasteiger partial charge is 0.497 e. The number of nitrogens with zero attached hydrogens (tertiary/aromatic N) is 2. The van der Waals surface area contributed by atoms with Crippen LogP contribution in [0.15, 0.2) is 54.6 Å². The van der Waals surface area contributed by atoms with Crippen LogP contribution < -0.4 is 15.4 Å². The van der Waals surface area contributed by atoms with Crippen molar-refractivity contribution in [3.8, 4) is 5.75 Å². The summed E-state index contributed by atoms with van der Waals surface area (Å²) in [5.74, 6) is -1.09. The fraction of sp³-hybridized carbons (Fsp3) is 0.467. The van der Waals surface area contributed by atoms with E-state index in [0.717, 1.165) is 37.7 Å². The number of carbonyl (C=O) groups is 4. The molecule has 4 rings (SSSR count). The van der Waals surface area contributed by atoms with E-state index in [9.17, 15) is 24.3 Å². The van der Waals surface area contributed by atoms with Crippen LogP contribution in [0.5, 0.6) is 5.75 Å². The van der Waals surface area contributed by atoms with Gasteiger partial charge in [-0.05, 0) is 55.0 Å². The predicted octanol–water partition coefficient (Wildman–Crippen LogP) is 3.87. The average Bonchev–Trinajstić information content (AvgIpc) is 3.43. The summed E-state index contributed by atoms with van der Waals surface area (Å²) in [6.07, 6.45) is 4.05. The lowest BCUT2D eigenvalue weighted by atomic mass is 9.82. The number of anilines is 1. The Hall–Kier alpha value is -4.08. The molecule has 0 radical (unpaired) electrons. The second-order valence-corrected chi connectivity index (χ2v) is 10.4. The van der Waals surface area contributed by atoms with Crippen LogP contribution in [0.25, 0.3) is 0 Å². The standard InChI is InChI=1S/C30H38N4O6/c1-40-24-15-13-23(14-16-24)31-30(39)34-19-18-33(26(35)17-12-21-8-4-2-5-9-21)29(34)28(38)32-25(20-27(36)37)22-10-6-3-7-11-22/h2,4-5,8-9,13-16,22,25,29H,3,6-7,10-12,17-20H2,1H3,(H,31,39)(H,32,38)(H,36,37). The third-order valence-corrected chi connectivity index (χ3v) is 7.74. The van der Waals surface area contributed by atoms with Crippen molar-refractivity contribution in [2.45, 2.75) is 63.6 Å². The molecule has 1 saturated carbocycles. The van der Waals surface area contributed by atoms with Crippen LogP contribution in [0.2, 0.25) is 0 Å². The first-order chi connectivity index (χ1) is 19.4. The molecule has 4 amide bonds. The second-order valence-electron chi connectivity index (χ2n) is 10.4. The van der Waals surface area contributed by atoms with Gasteiger partial charge in [0.25, 0.3) is 5.91 Å². The number of aliphatic carboxylic acids is 1. The topological polar surface area (TPSA) is 128 Å². The number of ether oxygens (including phenoxy) is 1. The number of rotatable bonds is 10. The van der Waals surface area contributed by atoms with Crippen molar-refractivity contribution in [2.24, 2.45) is 5.92 Å². The van der Waals surface area contributed by atoms with Crippen LogP contribution in [0, 0.1) is 5.92 Å². The molecule has 2 aromatic carbocycles. The number of hydrogen-bond acceptors (Lipinski definition) is 5. The Bertz CT molecular complexity index is 1170. The van der Waals surface area contributed by atoms with Crippen molar-refractivity contribution in [3.05, 3.63) is 60.2 Å². The molecule has 1 aliphatic heterocycles. The molecule has 0 aromatic heterocycles. The zero-order valence-corrected chi connectivity index (χ0v) is 22.9. The van der Waals surface area contributed by atoms with Crippen molar-refractivity contribution >= 4 is 29.5 Å². The summed E-state index contributed by atoms with van der Waals surface area (Å²) in [6.45, 7) is 0.374. The first kappa shape index (κ1) is 28.9. The number of hydrogen-bond donors (Lipinski definition) is 3. The maximum Gasteiger partial charge on any atom is 0.323 e. The minimum absolute atomic E-state index is 0.0408. The van der Waals surface area contributed by atoms with Gasteiger partial charge in [0, 0.05) is 31.2 Å². The number of carbonyl (C=O) groups excluding carboxylic acids is 3. The molecule has 3 N–H and O–H groups in total. The van der Waals surface area contributed by atoms with E-state index in [4.69, 9.17) is 4.74 Å². The average molecular weight is 551 g/mol. The number of methoxy groups -OCH3 is 1. The van der Waals surface area contributed by atoms with E-state index in [1.165, 1.54) is 9.80 Å². The number of urea groups is 1. The lowest BCUT2D eigenvalue weighted by Gasteiger charge is -2.34. The van der Waals surface area contributed by atoms with E-state index in [1.807, 2.05) is 30.3 Å². The monoisotopic (exact) mass is 550 g/mol. The third-order valence-electron chi connectivity index (χ3n) is 7.74. The van der Waals surface area contributed by atoms with Crippen molar-refractivity contribution in [1.82, 2.24) is 15.1 Å². The second kappa shape index (κ2) is 13.8. The summed E-state index contributed by atoms with van der Waals surface area (Å²) in [4.78, 5) is 55.0. The molecule has 40 heavy (non-hydrogen) atoms. The highest BCUT2D eigenvalue weighted by Gasteiger charge is 2.43. The Morgan fingerprint density at radius 2 is 1.62 bits per heavy atom. The quantitative estimate of drug-likeness (QED) is 0.412. The van der Waals surface area contributed by atoms with Gasteiger partial charge < -0.3 is 25.4 Å². The Morgan fingerprint density at radius 1 is 0.950 bits per heavy atom. The van der Waals surface area contributed by atoms with Crippen molar-refractivity contribution in [1.29, 1.82) is 0 Å². The van der Waals surface area contributed by atoms with E-state index in [-0.39, 0.29) is 37.8 Å². The Balaban J connectivity index is 1.52. The maximum atomic E-state index is 13.8. The molecule has 10 nitrogen and oxygen atoms in total. The Labute approximate surface area is 234 Å². The molecule has 1 saturated heterocycles. The third kappa shape index (κ3) is 7.52. The molecule has 2 unspecified atom stereocenters. The first-order valence-electron chi connectivity index (χ1n) is 13.9. The van der Waals surface area contributed by atoms with Gasteiger partial charge in [-0.1, -0.05) is 49.6 Å². The Morgan fingerprint density at radius 3 is 2.27 bits per heavy atom. The van der Waals surface area contributed by atoms with Gasteiger partial charge >= 0.3 is 12.0 Å². The molecule has 2 aromatic rings. The normalized spacial score (nSPS) is 18.2. The summed E-state index contributed by atoms with van der Waals surface area (Å²) >= 11 is 0. The fourth-order valence-electron chi connectivity index (χ4n) is 5.61. The van der Waals surface area contributed by atoms with Gasteiger partial charge in [-0.2, -0.15) is 0 Å². The summed E-state index contributed by atoms with van der Waals surface area (Å²) < 4.78 is 5.17. The number of amides is 4. The van der Waals surface area contributed by atoms with Gasteiger partial charge in [0.1, 0.15) is 5.75 Å². The maximum absolute atomic E-state index is 13.8. The van der Waals surface area contributed by atoms with Gasteiger partial charge in [-0.15, -0.1) is 0 Å². The summed E-state index contributed by atoms with van der Waals surface area (Å²) in [5.41, 5.74) is 1.52.